The normalized spacial score (nSPS) is 22.8. The van der Waals surface area contributed by atoms with E-state index in [4.69, 9.17) is 0 Å². The van der Waals surface area contributed by atoms with Gasteiger partial charge < -0.3 is 14.9 Å². The first-order valence-electron chi connectivity index (χ1n) is 8.85. The molecule has 0 aliphatic carbocycles. The van der Waals surface area contributed by atoms with Crippen LogP contribution in [0.15, 0.2) is 18.2 Å². The number of carbonyl (C=O) groups is 2. The van der Waals surface area contributed by atoms with Gasteiger partial charge in [0.1, 0.15) is 0 Å². The SMILES string of the molecule is Cc1ccc(N2CCCC2=O)c(C(=O)N2CCCC(C(C)O)C2)c1. The molecule has 2 heterocycles. The molecule has 5 heteroatoms. The first-order valence-corrected chi connectivity index (χ1v) is 8.85. The van der Waals surface area contributed by atoms with Gasteiger partial charge >= 0.3 is 0 Å². The summed E-state index contributed by atoms with van der Waals surface area (Å²) in [6.07, 6.45) is 2.85. The molecule has 2 unspecified atom stereocenters. The Bertz CT molecular complexity index is 641. The second-order valence-electron chi connectivity index (χ2n) is 7.06. The summed E-state index contributed by atoms with van der Waals surface area (Å²) in [7, 11) is 0. The molecule has 1 aromatic carbocycles. The largest absolute Gasteiger partial charge is 0.393 e. The third kappa shape index (κ3) is 3.31. The zero-order chi connectivity index (χ0) is 17.3. The average molecular weight is 330 g/mol. The van der Waals surface area contributed by atoms with Gasteiger partial charge in [0.2, 0.25) is 5.91 Å². The zero-order valence-corrected chi connectivity index (χ0v) is 14.5. The van der Waals surface area contributed by atoms with Crippen LogP contribution in [0.5, 0.6) is 0 Å². The van der Waals surface area contributed by atoms with Crippen molar-refractivity contribution < 1.29 is 14.7 Å². The number of aliphatic hydroxyl groups excluding tert-OH is 1. The Morgan fingerprint density at radius 2 is 2.08 bits per heavy atom. The molecule has 2 aliphatic rings. The third-order valence-electron chi connectivity index (χ3n) is 5.17. The topological polar surface area (TPSA) is 60.9 Å². The van der Waals surface area contributed by atoms with E-state index in [1.807, 2.05) is 30.0 Å². The molecule has 3 rings (SSSR count). The van der Waals surface area contributed by atoms with Crippen molar-refractivity contribution in [3.63, 3.8) is 0 Å². The highest BCUT2D eigenvalue weighted by atomic mass is 16.3. The fraction of sp³-hybridized carbons (Fsp3) is 0.579. The summed E-state index contributed by atoms with van der Waals surface area (Å²) in [5.41, 5.74) is 2.35. The van der Waals surface area contributed by atoms with E-state index in [9.17, 15) is 14.7 Å². The number of aliphatic hydroxyl groups is 1. The summed E-state index contributed by atoms with van der Waals surface area (Å²) >= 11 is 0. The van der Waals surface area contributed by atoms with Crippen molar-refractivity contribution in [2.75, 3.05) is 24.5 Å². The molecule has 130 valence electrons. The average Bonchev–Trinajstić information content (AvgIpc) is 3.00. The summed E-state index contributed by atoms with van der Waals surface area (Å²) in [5, 5.41) is 9.86. The molecule has 5 nitrogen and oxygen atoms in total. The number of amides is 2. The van der Waals surface area contributed by atoms with Crippen molar-refractivity contribution in [1.82, 2.24) is 4.90 Å². The van der Waals surface area contributed by atoms with Crippen molar-refractivity contribution in [3.05, 3.63) is 29.3 Å². The highest BCUT2D eigenvalue weighted by Crippen LogP contribution is 2.29. The van der Waals surface area contributed by atoms with Crippen LogP contribution in [0.1, 0.15) is 48.5 Å². The lowest BCUT2D eigenvalue weighted by atomic mass is 9.93. The number of hydrogen-bond donors (Lipinski definition) is 1. The van der Waals surface area contributed by atoms with Gasteiger partial charge in [-0.2, -0.15) is 0 Å². The van der Waals surface area contributed by atoms with Crippen LogP contribution in [0.2, 0.25) is 0 Å². The molecule has 0 aromatic heterocycles. The maximum Gasteiger partial charge on any atom is 0.255 e. The van der Waals surface area contributed by atoms with E-state index in [1.165, 1.54) is 0 Å². The molecular formula is C19H26N2O3. The van der Waals surface area contributed by atoms with Crippen LogP contribution in [0.4, 0.5) is 5.69 Å². The molecule has 0 saturated carbocycles. The zero-order valence-electron chi connectivity index (χ0n) is 14.5. The number of aryl methyl sites for hydroxylation is 1. The Hall–Kier alpha value is -1.88. The maximum absolute atomic E-state index is 13.1. The number of hydrogen-bond acceptors (Lipinski definition) is 3. The smallest absolute Gasteiger partial charge is 0.255 e. The molecule has 2 aliphatic heterocycles. The molecule has 2 saturated heterocycles. The summed E-state index contributed by atoms with van der Waals surface area (Å²) in [4.78, 5) is 28.8. The minimum atomic E-state index is -0.405. The van der Waals surface area contributed by atoms with E-state index < -0.39 is 6.10 Å². The molecule has 2 fully saturated rings. The van der Waals surface area contributed by atoms with Crippen molar-refractivity contribution in [3.8, 4) is 0 Å². The van der Waals surface area contributed by atoms with Gasteiger partial charge in [0.05, 0.1) is 17.4 Å². The lowest BCUT2D eigenvalue weighted by Gasteiger charge is -2.35. The highest BCUT2D eigenvalue weighted by molar-refractivity contribution is 6.05. The Kier molecular flexibility index (Phi) is 4.90. The summed E-state index contributed by atoms with van der Waals surface area (Å²) in [6, 6.07) is 5.73. The number of carbonyl (C=O) groups excluding carboxylic acids is 2. The quantitative estimate of drug-likeness (QED) is 0.925. The Labute approximate surface area is 143 Å². The van der Waals surface area contributed by atoms with E-state index in [2.05, 4.69) is 0 Å². The van der Waals surface area contributed by atoms with Crippen LogP contribution in [0.25, 0.3) is 0 Å². The van der Waals surface area contributed by atoms with Crippen LogP contribution in [0, 0.1) is 12.8 Å². The van der Waals surface area contributed by atoms with Gasteiger partial charge in [-0.05, 0) is 45.2 Å². The number of benzene rings is 1. The Balaban J connectivity index is 1.89. The predicted molar refractivity (Wildman–Crippen MR) is 93.1 cm³/mol. The minimum Gasteiger partial charge on any atom is -0.393 e. The van der Waals surface area contributed by atoms with Gasteiger partial charge in [-0.15, -0.1) is 0 Å². The van der Waals surface area contributed by atoms with Crippen LogP contribution < -0.4 is 4.90 Å². The van der Waals surface area contributed by atoms with Crippen molar-refractivity contribution in [1.29, 1.82) is 0 Å². The van der Waals surface area contributed by atoms with Gasteiger partial charge in [0.15, 0.2) is 0 Å². The van der Waals surface area contributed by atoms with Gasteiger partial charge in [-0.1, -0.05) is 11.6 Å². The van der Waals surface area contributed by atoms with Crippen LogP contribution in [-0.4, -0.2) is 47.6 Å². The Morgan fingerprint density at radius 3 is 2.75 bits per heavy atom. The monoisotopic (exact) mass is 330 g/mol. The van der Waals surface area contributed by atoms with Gasteiger partial charge in [0, 0.05) is 32.0 Å². The Morgan fingerprint density at radius 1 is 1.29 bits per heavy atom. The van der Waals surface area contributed by atoms with E-state index in [-0.39, 0.29) is 17.7 Å². The highest BCUT2D eigenvalue weighted by Gasteiger charge is 2.31. The molecule has 2 amide bonds. The summed E-state index contributed by atoms with van der Waals surface area (Å²) in [6.45, 7) is 5.72. The fourth-order valence-electron chi connectivity index (χ4n) is 3.72. The molecule has 0 bridgehead atoms. The lowest BCUT2D eigenvalue weighted by Crippen LogP contribution is -2.43. The van der Waals surface area contributed by atoms with E-state index >= 15 is 0 Å². The fourth-order valence-corrected chi connectivity index (χ4v) is 3.72. The van der Waals surface area contributed by atoms with Crippen LogP contribution >= 0.6 is 0 Å². The molecule has 24 heavy (non-hydrogen) atoms. The number of anilines is 1. The second-order valence-corrected chi connectivity index (χ2v) is 7.06. The van der Waals surface area contributed by atoms with E-state index in [0.717, 1.165) is 30.5 Å². The third-order valence-corrected chi connectivity index (χ3v) is 5.17. The van der Waals surface area contributed by atoms with Crippen molar-refractivity contribution in [2.24, 2.45) is 5.92 Å². The minimum absolute atomic E-state index is 0.0289. The molecule has 1 aromatic rings. The summed E-state index contributed by atoms with van der Waals surface area (Å²) < 4.78 is 0. The van der Waals surface area contributed by atoms with E-state index in [0.29, 0.717) is 31.6 Å². The van der Waals surface area contributed by atoms with Crippen LogP contribution in [-0.2, 0) is 4.79 Å². The number of piperidine rings is 1. The molecule has 0 spiro atoms. The van der Waals surface area contributed by atoms with Crippen molar-refractivity contribution in [2.45, 2.75) is 45.6 Å². The predicted octanol–water partition coefficient (Wildman–Crippen LogP) is 2.35. The number of nitrogens with zero attached hydrogens (tertiary/aromatic N) is 2. The van der Waals surface area contributed by atoms with Crippen LogP contribution in [0.3, 0.4) is 0 Å². The van der Waals surface area contributed by atoms with Gasteiger partial charge in [-0.25, -0.2) is 0 Å². The lowest BCUT2D eigenvalue weighted by molar-refractivity contribution is -0.117. The number of likely N-dealkylation sites (tertiary alicyclic amines) is 1. The second kappa shape index (κ2) is 6.93. The summed E-state index contributed by atoms with van der Waals surface area (Å²) in [5.74, 6) is 0.191. The van der Waals surface area contributed by atoms with Gasteiger partial charge in [-0.3, -0.25) is 9.59 Å². The standard InChI is InChI=1S/C19H26N2O3/c1-13-7-8-17(21-10-4-6-18(21)23)16(11-13)19(24)20-9-3-5-15(12-20)14(2)22/h7-8,11,14-15,22H,3-6,9-10,12H2,1-2H3. The first kappa shape index (κ1) is 17.0. The molecular weight excluding hydrogens is 304 g/mol. The molecule has 1 N–H and O–H groups in total. The first-order chi connectivity index (χ1) is 11.5. The van der Waals surface area contributed by atoms with E-state index in [1.54, 1.807) is 11.8 Å². The molecule has 2 atom stereocenters. The van der Waals surface area contributed by atoms with Gasteiger partial charge in [0.25, 0.3) is 5.91 Å². The number of rotatable bonds is 3. The maximum atomic E-state index is 13.1. The van der Waals surface area contributed by atoms with Crippen molar-refractivity contribution >= 4 is 17.5 Å². The molecule has 0 radical (unpaired) electrons.